The Morgan fingerprint density at radius 3 is 2.40 bits per heavy atom. The molecule has 0 aromatic rings. The van der Waals surface area contributed by atoms with E-state index in [1.807, 2.05) is 18.2 Å². The molecule has 4 heteroatoms. The first-order valence-corrected chi connectivity index (χ1v) is 6.76. The molecule has 4 nitrogen and oxygen atoms in total. The van der Waals surface area contributed by atoms with Crippen molar-refractivity contribution in [3.63, 3.8) is 0 Å². The zero-order valence-electron chi connectivity index (χ0n) is 12.1. The van der Waals surface area contributed by atoms with Crippen LogP contribution in [0.1, 0.15) is 26.2 Å². The molecule has 0 amide bonds. The highest BCUT2D eigenvalue weighted by atomic mass is 16.5. The molecule has 1 unspecified atom stereocenters. The molecule has 20 heavy (non-hydrogen) atoms. The fourth-order valence-electron chi connectivity index (χ4n) is 3.02. The molecule has 0 fully saturated rings. The Balaban J connectivity index is 2.35. The van der Waals surface area contributed by atoms with Crippen LogP contribution in [0, 0.1) is 11.3 Å². The van der Waals surface area contributed by atoms with Crippen LogP contribution in [0.3, 0.4) is 0 Å². The van der Waals surface area contributed by atoms with Gasteiger partial charge in [0.2, 0.25) is 0 Å². The second kappa shape index (κ2) is 5.65. The monoisotopic (exact) mass is 276 g/mol. The summed E-state index contributed by atoms with van der Waals surface area (Å²) in [7, 11) is 2.62. The summed E-state index contributed by atoms with van der Waals surface area (Å²) >= 11 is 0. The summed E-state index contributed by atoms with van der Waals surface area (Å²) in [4.78, 5) is 24.3. The largest absolute Gasteiger partial charge is 0.468 e. The highest BCUT2D eigenvalue weighted by molar-refractivity contribution is 6.01. The lowest BCUT2D eigenvalue weighted by molar-refractivity contribution is -0.168. The number of esters is 2. The van der Waals surface area contributed by atoms with Crippen LogP contribution >= 0.6 is 0 Å². The van der Waals surface area contributed by atoms with E-state index < -0.39 is 17.4 Å². The molecule has 2 aliphatic carbocycles. The Kier molecular flexibility index (Phi) is 4.12. The van der Waals surface area contributed by atoms with E-state index in [1.54, 1.807) is 0 Å². The molecular weight excluding hydrogens is 256 g/mol. The van der Waals surface area contributed by atoms with Crippen LogP contribution in [0.25, 0.3) is 0 Å². The second-order valence-corrected chi connectivity index (χ2v) is 5.47. The van der Waals surface area contributed by atoms with Gasteiger partial charge in [-0.1, -0.05) is 36.8 Å². The lowest BCUT2D eigenvalue weighted by atomic mass is 9.83. The summed E-state index contributed by atoms with van der Waals surface area (Å²) in [5.74, 6) is -0.633. The minimum atomic E-state index is -1.21. The van der Waals surface area contributed by atoms with Crippen molar-refractivity contribution < 1.29 is 19.1 Å². The maximum atomic E-state index is 12.1. The molecular formula is C16H20O4. The van der Waals surface area contributed by atoms with Crippen molar-refractivity contribution in [3.8, 4) is 0 Å². The topological polar surface area (TPSA) is 52.6 Å². The van der Waals surface area contributed by atoms with Gasteiger partial charge in [-0.3, -0.25) is 9.59 Å². The van der Waals surface area contributed by atoms with Gasteiger partial charge in [-0.15, -0.1) is 0 Å². The average molecular weight is 276 g/mol. The first-order valence-electron chi connectivity index (χ1n) is 6.76. The van der Waals surface area contributed by atoms with Crippen LogP contribution < -0.4 is 0 Å². The van der Waals surface area contributed by atoms with Gasteiger partial charge < -0.3 is 9.47 Å². The Morgan fingerprint density at radius 2 is 1.80 bits per heavy atom. The van der Waals surface area contributed by atoms with Crippen LogP contribution in [-0.2, 0) is 19.1 Å². The van der Waals surface area contributed by atoms with Crippen molar-refractivity contribution in [1.29, 1.82) is 0 Å². The van der Waals surface area contributed by atoms with E-state index in [9.17, 15) is 9.59 Å². The first kappa shape index (κ1) is 14.6. The SMILES string of the molecule is COC(=O)C1(C(=O)OC)CC2=C(CC(C)/C=C\C=C/2)C1. The number of carbonyl (C=O) groups excluding carboxylic acids is 2. The summed E-state index contributed by atoms with van der Waals surface area (Å²) < 4.78 is 9.70. The third-order valence-electron chi connectivity index (χ3n) is 4.03. The predicted molar refractivity (Wildman–Crippen MR) is 74.8 cm³/mol. The molecule has 1 atom stereocenters. The molecule has 0 saturated carbocycles. The number of methoxy groups -OCH3 is 2. The van der Waals surface area contributed by atoms with Crippen molar-refractivity contribution >= 4 is 11.9 Å². The Bertz CT molecular complexity index is 495. The summed E-state index contributed by atoms with van der Waals surface area (Å²) in [5, 5.41) is 0. The van der Waals surface area contributed by atoms with Gasteiger partial charge in [0.05, 0.1) is 14.2 Å². The van der Waals surface area contributed by atoms with Crippen LogP contribution in [-0.4, -0.2) is 26.2 Å². The van der Waals surface area contributed by atoms with Gasteiger partial charge >= 0.3 is 11.9 Å². The van der Waals surface area contributed by atoms with Crippen molar-refractivity contribution in [1.82, 2.24) is 0 Å². The molecule has 0 spiro atoms. The Hall–Kier alpha value is -1.84. The number of allylic oxidation sites excluding steroid dienone is 6. The Labute approximate surface area is 119 Å². The normalized spacial score (nSPS) is 27.1. The maximum Gasteiger partial charge on any atom is 0.323 e. The molecule has 2 aliphatic rings. The predicted octanol–water partition coefficient (Wildman–Crippen LogP) is 2.56. The van der Waals surface area contributed by atoms with E-state index in [-0.39, 0.29) is 0 Å². The summed E-state index contributed by atoms with van der Waals surface area (Å²) in [6, 6.07) is 0. The van der Waals surface area contributed by atoms with Crippen LogP contribution in [0.2, 0.25) is 0 Å². The van der Waals surface area contributed by atoms with Crippen LogP contribution in [0.5, 0.6) is 0 Å². The smallest absolute Gasteiger partial charge is 0.323 e. The third-order valence-corrected chi connectivity index (χ3v) is 4.03. The van der Waals surface area contributed by atoms with Gasteiger partial charge in [-0.2, -0.15) is 0 Å². The van der Waals surface area contributed by atoms with Crippen LogP contribution in [0.4, 0.5) is 0 Å². The van der Waals surface area contributed by atoms with E-state index >= 15 is 0 Å². The van der Waals surface area contributed by atoms with E-state index in [0.717, 1.165) is 17.6 Å². The van der Waals surface area contributed by atoms with Gasteiger partial charge in [-0.05, 0) is 30.8 Å². The zero-order chi connectivity index (χ0) is 14.8. The molecule has 2 rings (SSSR count). The summed E-state index contributed by atoms with van der Waals surface area (Å²) in [6.07, 6.45) is 9.66. The van der Waals surface area contributed by atoms with Gasteiger partial charge in [0, 0.05) is 0 Å². The molecule has 0 aliphatic heterocycles. The highest BCUT2D eigenvalue weighted by Crippen LogP contribution is 2.46. The standard InChI is InChI=1S/C16H20O4/c1-11-6-4-5-7-12-9-16(14(17)19-2,15(18)20-3)10-13(12)8-11/h4-7,11H,8-10H2,1-3H3/b6-4-,7-5-. The molecule has 0 bridgehead atoms. The number of rotatable bonds is 2. The minimum Gasteiger partial charge on any atom is -0.468 e. The minimum absolute atomic E-state index is 0.360. The lowest BCUT2D eigenvalue weighted by Crippen LogP contribution is -2.39. The highest BCUT2D eigenvalue weighted by Gasteiger charge is 2.52. The van der Waals surface area contributed by atoms with E-state index in [0.29, 0.717) is 18.8 Å². The number of ether oxygens (including phenoxy) is 2. The molecule has 0 radical (unpaired) electrons. The molecule has 108 valence electrons. The number of hydrogen-bond donors (Lipinski definition) is 0. The van der Waals surface area contributed by atoms with E-state index in [4.69, 9.17) is 9.47 Å². The molecule has 0 aromatic heterocycles. The summed E-state index contributed by atoms with van der Waals surface area (Å²) in [6.45, 7) is 2.12. The van der Waals surface area contributed by atoms with E-state index in [1.165, 1.54) is 14.2 Å². The second-order valence-electron chi connectivity index (χ2n) is 5.47. The van der Waals surface area contributed by atoms with Gasteiger partial charge in [-0.25, -0.2) is 0 Å². The van der Waals surface area contributed by atoms with Crippen molar-refractivity contribution in [3.05, 3.63) is 35.5 Å². The molecule has 0 heterocycles. The molecule has 0 aromatic carbocycles. The van der Waals surface area contributed by atoms with Gasteiger partial charge in [0.25, 0.3) is 0 Å². The number of hydrogen-bond acceptors (Lipinski definition) is 4. The third kappa shape index (κ3) is 2.42. The molecule has 0 saturated heterocycles. The lowest BCUT2D eigenvalue weighted by Gasteiger charge is -2.23. The maximum absolute atomic E-state index is 12.1. The van der Waals surface area contributed by atoms with E-state index in [2.05, 4.69) is 13.0 Å². The number of carbonyl (C=O) groups is 2. The first-order chi connectivity index (χ1) is 9.53. The van der Waals surface area contributed by atoms with Crippen molar-refractivity contribution in [2.75, 3.05) is 14.2 Å². The average Bonchev–Trinajstić information content (AvgIpc) is 2.79. The fraction of sp³-hybridized carbons (Fsp3) is 0.500. The van der Waals surface area contributed by atoms with Gasteiger partial charge in [0.15, 0.2) is 5.41 Å². The summed E-state index contributed by atoms with van der Waals surface area (Å²) in [5.41, 5.74) is 0.994. The van der Waals surface area contributed by atoms with Gasteiger partial charge in [0.1, 0.15) is 0 Å². The molecule has 0 N–H and O–H groups in total. The Morgan fingerprint density at radius 1 is 1.15 bits per heavy atom. The quantitative estimate of drug-likeness (QED) is 0.574. The van der Waals surface area contributed by atoms with Crippen molar-refractivity contribution in [2.24, 2.45) is 11.3 Å². The van der Waals surface area contributed by atoms with Crippen LogP contribution in [0.15, 0.2) is 35.5 Å². The van der Waals surface area contributed by atoms with Crippen molar-refractivity contribution in [2.45, 2.75) is 26.2 Å². The zero-order valence-corrected chi connectivity index (χ0v) is 12.1. The fourth-order valence-corrected chi connectivity index (χ4v) is 3.02.